The molecule has 0 aromatic heterocycles. The van der Waals surface area contributed by atoms with Gasteiger partial charge >= 0.3 is 39.5 Å². The van der Waals surface area contributed by atoms with Crippen molar-refractivity contribution in [3.05, 3.63) is 194 Å². The minimum atomic E-state index is -5.02. The molecular weight excluding hydrogens is 1400 g/mol. The molecule has 0 heterocycles. The molecule has 0 aromatic carbocycles. The zero-order valence-electron chi connectivity index (χ0n) is 66.7. The van der Waals surface area contributed by atoms with Crippen molar-refractivity contribution in [1.29, 1.82) is 0 Å². The average Bonchev–Trinajstić information content (AvgIpc) is 0.907. The maximum absolute atomic E-state index is 13.1. The van der Waals surface area contributed by atoms with Crippen molar-refractivity contribution in [2.45, 2.75) is 303 Å². The van der Waals surface area contributed by atoms with Crippen molar-refractivity contribution in [2.75, 3.05) is 39.6 Å². The highest BCUT2D eigenvalue weighted by molar-refractivity contribution is 7.47. The number of allylic oxidation sites excluding steroid dienone is 31. The lowest BCUT2D eigenvalue weighted by Crippen LogP contribution is -2.30. The Morgan fingerprint density at radius 2 is 0.491 bits per heavy atom. The number of aliphatic hydroxyl groups is 1. The van der Waals surface area contributed by atoms with E-state index in [1.54, 1.807) is 12.2 Å². The van der Waals surface area contributed by atoms with Crippen molar-refractivity contribution >= 4 is 39.5 Å². The van der Waals surface area contributed by atoms with Gasteiger partial charge in [0.2, 0.25) is 0 Å². The molecule has 3 N–H and O–H groups in total. The molecule has 5 atom stereocenters. The molecular formula is C89H142O17P2. The maximum Gasteiger partial charge on any atom is 0.472 e. The summed E-state index contributed by atoms with van der Waals surface area (Å²) in [6.07, 6.45) is 97.2. The smallest absolute Gasteiger partial charge is 0.462 e. The Morgan fingerprint density at radius 3 is 0.778 bits per heavy atom. The first-order chi connectivity index (χ1) is 52.7. The van der Waals surface area contributed by atoms with Gasteiger partial charge in [-0.25, -0.2) is 9.13 Å². The zero-order chi connectivity index (χ0) is 78.9. The van der Waals surface area contributed by atoms with Crippen LogP contribution in [0, 0.1) is 0 Å². The number of hydrogen-bond acceptors (Lipinski definition) is 15. The molecule has 0 saturated heterocycles. The van der Waals surface area contributed by atoms with Crippen LogP contribution in [-0.4, -0.2) is 96.7 Å². The van der Waals surface area contributed by atoms with Gasteiger partial charge in [-0.05, 0) is 161 Å². The number of esters is 4. The lowest BCUT2D eigenvalue weighted by Gasteiger charge is -2.21. The van der Waals surface area contributed by atoms with E-state index in [0.717, 1.165) is 205 Å². The van der Waals surface area contributed by atoms with E-state index in [-0.39, 0.29) is 25.7 Å². The van der Waals surface area contributed by atoms with Crippen LogP contribution in [0.1, 0.15) is 285 Å². The van der Waals surface area contributed by atoms with Crippen molar-refractivity contribution < 1.29 is 80.2 Å². The molecule has 0 fully saturated rings. The molecule has 0 aliphatic rings. The molecule has 0 aromatic rings. The molecule has 17 nitrogen and oxygen atoms in total. The SMILES string of the molecule is CC/C=C\C/C=C\C/C=C\C/C=C\C/C=C\CC(=O)OC(COC(=O)CCCCCCCCC/C=C\C/C=C\C/C=C\CC)COP(=O)(O)OCC(O)COP(=O)(O)OCC(COC(=O)CCCCCCCC/C=C\C/C=C\C/C=C\C/C=C\CC)OC(=O)CCCCCC/C=C\C/C=C\C/C=C\C/C=C\CC. The van der Waals surface area contributed by atoms with E-state index in [2.05, 4.69) is 198 Å². The van der Waals surface area contributed by atoms with E-state index < -0.39 is 97.5 Å². The Kier molecular flexibility index (Phi) is 74.5. The summed E-state index contributed by atoms with van der Waals surface area (Å²) in [5.41, 5.74) is 0. The van der Waals surface area contributed by atoms with Gasteiger partial charge in [0, 0.05) is 19.3 Å². The standard InChI is InChI=1S/C89H142O17P2/c1-5-9-13-17-21-25-29-33-37-40-41-44-47-50-54-58-62-66-70-74-87(92)100-80-85(106-89(94)76-72-68-64-60-56-52-48-43-39-35-31-27-23-19-15-11-7-3)82-104-108(97,98)102-78-83(90)77-101-107(95,96)103-81-84(105-88(93)75-71-67-63-59-55-51-45-36-32-28-24-20-16-12-8-4)79-99-86(91)73-69-65-61-57-53-49-46-42-38-34-30-26-22-18-14-10-6-2/h9-16,21-28,33-39,41,44-45,48,52,55,59,67,71,83-85,90H,5-8,17-20,29-32,40,42-43,46-47,49-51,53-54,56-58,60-66,68-70,72-82H2,1-4H3,(H,95,96)(H,97,98)/b13-9-,14-10-,15-11-,16-12-,25-21-,26-22-,27-23-,28-24-,37-33-,38-34-,39-35-,44-41-,45-36-,52-48-,59-55-,71-67-. The fraction of sp³-hybridized carbons (Fsp3) is 0.596. The van der Waals surface area contributed by atoms with Crippen LogP contribution in [0.15, 0.2) is 194 Å². The number of unbranched alkanes of at least 4 members (excludes halogenated alkanes) is 17. The van der Waals surface area contributed by atoms with Crippen LogP contribution >= 0.6 is 15.6 Å². The highest BCUT2D eigenvalue weighted by Crippen LogP contribution is 2.45. The number of rotatable bonds is 74. The van der Waals surface area contributed by atoms with Gasteiger partial charge in [-0.2, -0.15) is 0 Å². The fourth-order valence-corrected chi connectivity index (χ4v) is 11.6. The van der Waals surface area contributed by atoms with E-state index in [1.807, 2.05) is 12.2 Å². The van der Waals surface area contributed by atoms with Crippen molar-refractivity contribution in [3.63, 3.8) is 0 Å². The number of aliphatic hydroxyl groups excluding tert-OH is 1. The number of phosphoric acid groups is 2. The second kappa shape index (κ2) is 79.0. The number of carbonyl (C=O) groups excluding carboxylic acids is 4. The molecule has 0 radical (unpaired) electrons. The van der Waals surface area contributed by atoms with E-state index >= 15 is 0 Å². The Balaban J connectivity index is 5.49. The third kappa shape index (κ3) is 78.0. The molecule has 0 rings (SSSR count). The van der Waals surface area contributed by atoms with Crippen LogP contribution in [0.2, 0.25) is 0 Å². The maximum atomic E-state index is 13.1. The Labute approximate surface area is 653 Å². The van der Waals surface area contributed by atoms with Crippen LogP contribution in [0.5, 0.6) is 0 Å². The summed E-state index contributed by atoms with van der Waals surface area (Å²) in [5, 5.41) is 10.7. The first-order valence-corrected chi connectivity index (χ1v) is 43.7. The van der Waals surface area contributed by atoms with Gasteiger partial charge < -0.3 is 33.8 Å². The van der Waals surface area contributed by atoms with Gasteiger partial charge in [0.15, 0.2) is 12.2 Å². The van der Waals surface area contributed by atoms with E-state index in [9.17, 15) is 43.2 Å². The van der Waals surface area contributed by atoms with Gasteiger partial charge in [0.25, 0.3) is 0 Å². The van der Waals surface area contributed by atoms with Crippen molar-refractivity contribution in [1.82, 2.24) is 0 Å². The first-order valence-electron chi connectivity index (χ1n) is 40.7. The normalized spacial score (nSPS) is 14.8. The average molecular weight is 1550 g/mol. The molecule has 0 saturated carbocycles. The molecule has 0 spiro atoms. The second-order valence-corrected chi connectivity index (χ2v) is 29.1. The molecule has 610 valence electrons. The van der Waals surface area contributed by atoms with Crippen LogP contribution < -0.4 is 0 Å². The lowest BCUT2D eigenvalue weighted by molar-refractivity contribution is -0.161. The predicted molar refractivity (Wildman–Crippen MR) is 445 cm³/mol. The summed E-state index contributed by atoms with van der Waals surface area (Å²) in [6, 6.07) is 0. The summed E-state index contributed by atoms with van der Waals surface area (Å²) < 4.78 is 68.5. The number of ether oxygens (including phenoxy) is 4. The lowest BCUT2D eigenvalue weighted by atomic mass is 10.1. The van der Waals surface area contributed by atoms with Crippen LogP contribution in [-0.2, 0) is 65.4 Å². The topological polar surface area (TPSA) is 237 Å². The molecule has 0 aliphatic heterocycles. The van der Waals surface area contributed by atoms with Gasteiger partial charge in [-0.15, -0.1) is 0 Å². The number of carbonyl (C=O) groups is 4. The minimum Gasteiger partial charge on any atom is -0.462 e. The minimum absolute atomic E-state index is 0.0531. The Bertz CT molecular complexity index is 2810. The third-order valence-electron chi connectivity index (χ3n) is 16.1. The highest BCUT2D eigenvalue weighted by Gasteiger charge is 2.30. The molecule has 5 unspecified atom stereocenters. The summed E-state index contributed by atoms with van der Waals surface area (Å²) in [4.78, 5) is 73.1. The van der Waals surface area contributed by atoms with Gasteiger partial charge in [0.1, 0.15) is 19.3 Å². The van der Waals surface area contributed by atoms with Crippen LogP contribution in [0.4, 0.5) is 0 Å². The third-order valence-corrected chi connectivity index (χ3v) is 18.0. The summed E-state index contributed by atoms with van der Waals surface area (Å²) >= 11 is 0. The largest absolute Gasteiger partial charge is 0.472 e. The number of phosphoric ester groups is 2. The second-order valence-electron chi connectivity index (χ2n) is 26.2. The van der Waals surface area contributed by atoms with Crippen molar-refractivity contribution in [2.24, 2.45) is 0 Å². The van der Waals surface area contributed by atoms with E-state index in [0.29, 0.717) is 25.7 Å². The van der Waals surface area contributed by atoms with Crippen LogP contribution in [0.25, 0.3) is 0 Å². The summed E-state index contributed by atoms with van der Waals surface area (Å²) in [6.45, 7) is 4.24. The summed E-state index contributed by atoms with van der Waals surface area (Å²) in [7, 11) is -10.0. The molecule has 0 aliphatic carbocycles. The molecule has 19 heteroatoms. The Morgan fingerprint density at radius 1 is 0.269 bits per heavy atom. The molecule has 108 heavy (non-hydrogen) atoms. The first kappa shape index (κ1) is 102. The fourth-order valence-electron chi connectivity index (χ4n) is 10.1. The van der Waals surface area contributed by atoms with Gasteiger partial charge in [-0.1, -0.05) is 293 Å². The van der Waals surface area contributed by atoms with Crippen molar-refractivity contribution in [3.8, 4) is 0 Å². The zero-order valence-corrected chi connectivity index (χ0v) is 68.5. The number of hydrogen-bond donors (Lipinski definition) is 3. The van der Waals surface area contributed by atoms with Crippen LogP contribution in [0.3, 0.4) is 0 Å². The van der Waals surface area contributed by atoms with E-state index in [1.165, 1.54) is 0 Å². The summed E-state index contributed by atoms with van der Waals surface area (Å²) in [5.74, 6) is -2.39. The van der Waals surface area contributed by atoms with Gasteiger partial charge in [0.05, 0.1) is 32.8 Å². The molecule has 0 bridgehead atoms. The monoisotopic (exact) mass is 1540 g/mol. The van der Waals surface area contributed by atoms with Gasteiger partial charge in [-0.3, -0.25) is 37.3 Å². The molecule has 0 amide bonds. The highest BCUT2D eigenvalue weighted by atomic mass is 31.2. The quantitative estimate of drug-likeness (QED) is 0.0169. The predicted octanol–water partition coefficient (Wildman–Crippen LogP) is 24.1. The Hall–Kier alpha value is -6.10. The van der Waals surface area contributed by atoms with E-state index in [4.69, 9.17) is 37.0 Å².